The quantitative estimate of drug-likeness (QED) is 0.0261. The molecule has 0 rings (SSSR count). The minimum absolute atomic E-state index is 0.0787. The van der Waals surface area contributed by atoms with Crippen LogP contribution in [0.3, 0.4) is 0 Å². The van der Waals surface area contributed by atoms with E-state index >= 15 is 0 Å². The molecule has 74 heavy (non-hydrogen) atoms. The summed E-state index contributed by atoms with van der Waals surface area (Å²) in [5.41, 5.74) is 0. The zero-order chi connectivity index (χ0) is 53.6. The molecule has 6 heteroatoms. The van der Waals surface area contributed by atoms with E-state index in [9.17, 15) is 14.4 Å². The Kier molecular flexibility index (Phi) is 59.3. The molecule has 0 fully saturated rings. The molecule has 1 unspecified atom stereocenters. The highest BCUT2D eigenvalue weighted by atomic mass is 16.6. The molecule has 426 valence electrons. The van der Waals surface area contributed by atoms with Crippen molar-refractivity contribution in [3.8, 4) is 0 Å². The summed E-state index contributed by atoms with van der Waals surface area (Å²) in [5, 5.41) is 0. The summed E-state index contributed by atoms with van der Waals surface area (Å²) in [4.78, 5) is 38.3. The van der Waals surface area contributed by atoms with Crippen LogP contribution in [-0.2, 0) is 28.6 Å². The fourth-order valence-electron chi connectivity index (χ4n) is 8.91. The average Bonchev–Trinajstić information content (AvgIpc) is 3.40. The fourth-order valence-corrected chi connectivity index (χ4v) is 8.91. The molecule has 0 N–H and O–H groups in total. The molecular weight excluding hydrogens is 913 g/mol. The number of carbonyl (C=O) groups is 3. The topological polar surface area (TPSA) is 78.9 Å². The summed E-state index contributed by atoms with van der Waals surface area (Å²) in [6, 6.07) is 0. The van der Waals surface area contributed by atoms with Crippen molar-refractivity contribution >= 4 is 17.9 Å². The molecule has 0 aliphatic heterocycles. The van der Waals surface area contributed by atoms with Crippen molar-refractivity contribution in [2.75, 3.05) is 13.2 Å². The van der Waals surface area contributed by atoms with E-state index in [4.69, 9.17) is 14.2 Å². The third-order valence-electron chi connectivity index (χ3n) is 13.6. The molecule has 0 amide bonds. The second-order valence-electron chi connectivity index (χ2n) is 20.9. The van der Waals surface area contributed by atoms with Crippen molar-refractivity contribution in [1.82, 2.24) is 0 Å². The van der Waals surface area contributed by atoms with Crippen molar-refractivity contribution in [2.24, 2.45) is 0 Å². The minimum Gasteiger partial charge on any atom is -0.462 e. The number of esters is 3. The average molecular weight is 1030 g/mol. The number of rotatable bonds is 57. The predicted octanol–water partition coefficient (Wildman–Crippen LogP) is 21.5. The molecule has 0 saturated carbocycles. The van der Waals surface area contributed by atoms with E-state index < -0.39 is 6.10 Å². The summed E-state index contributed by atoms with van der Waals surface area (Å²) < 4.78 is 16.9. The zero-order valence-electron chi connectivity index (χ0n) is 48.8. The number of carbonyl (C=O) groups excluding carboxylic acids is 3. The van der Waals surface area contributed by atoms with Crippen LogP contribution < -0.4 is 0 Å². The second-order valence-corrected chi connectivity index (χ2v) is 20.9. The van der Waals surface area contributed by atoms with E-state index in [0.29, 0.717) is 19.3 Å². The number of hydrogen-bond donors (Lipinski definition) is 0. The Morgan fingerprint density at radius 3 is 0.838 bits per heavy atom. The molecule has 0 saturated heterocycles. The second kappa shape index (κ2) is 62.1. The Labute approximate surface area is 458 Å². The van der Waals surface area contributed by atoms with E-state index in [1.54, 1.807) is 0 Å². The third kappa shape index (κ3) is 59.5. The van der Waals surface area contributed by atoms with Crippen molar-refractivity contribution in [3.63, 3.8) is 0 Å². The van der Waals surface area contributed by atoms with Gasteiger partial charge in [0.15, 0.2) is 6.10 Å². The standard InChI is InChI=1S/C68H118O6/c1-4-7-10-13-16-19-22-25-27-29-31-32-33-34-35-36-37-39-40-43-46-49-52-55-58-61-67(70)73-64-65(63-72-66(69)60-57-54-51-48-45-42-24-21-18-15-12-9-6-3)74-68(71)62-59-56-53-50-47-44-41-38-30-28-26-23-20-17-14-11-8-5-2/h7,10,16,19-20,23,25,27-28,30-32,34-35,65H,4-6,8-9,11-15,17-18,21-22,24,26,29,33,36-64H2,1-3H3/b10-7-,19-16-,23-20-,27-25-,30-28-,32-31-,35-34-. The van der Waals surface area contributed by atoms with Gasteiger partial charge in [-0.15, -0.1) is 0 Å². The van der Waals surface area contributed by atoms with Crippen LogP contribution in [0.15, 0.2) is 85.1 Å². The van der Waals surface area contributed by atoms with Gasteiger partial charge in [-0.05, 0) is 96.3 Å². The highest BCUT2D eigenvalue weighted by Gasteiger charge is 2.19. The molecule has 0 bridgehead atoms. The number of allylic oxidation sites excluding steroid dienone is 14. The van der Waals surface area contributed by atoms with Crippen molar-refractivity contribution in [2.45, 2.75) is 316 Å². The van der Waals surface area contributed by atoms with Crippen LogP contribution >= 0.6 is 0 Å². The van der Waals surface area contributed by atoms with Gasteiger partial charge in [-0.3, -0.25) is 14.4 Å². The minimum atomic E-state index is -0.783. The molecule has 0 aromatic rings. The lowest BCUT2D eigenvalue weighted by Crippen LogP contribution is -2.30. The van der Waals surface area contributed by atoms with Crippen LogP contribution in [0.4, 0.5) is 0 Å². The van der Waals surface area contributed by atoms with Crippen LogP contribution in [0.5, 0.6) is 0 Å². The Morgan fingerprint density at radius 2 is 0.527 bits per heavy atom. The molecule has 0 heterocycles. The van der Waals surface area contributed by atoms with Gasteiger partial charge in [0.2, 0.25) is 0 Å². The monoisotopic (exact) mass is 1030 g/mol. The van der Waals surface area contributed by atoms with Gasteiger partial charge in [0.1, 0.15) is 13.2 Å². The molecule has 0 aliphatic carbocycles. The van der Waals surface area contributed by atoms with E-state index in [1.807, 2.05) is 0 Å². The van der Waals surface area contributed by atoms with Crippen LogP contribution in [0.25, 0.3) is 0 Å². The van der Waals surface area contributed by atoms with E-state index in [0.717, 1.165) is 109 Å². The van der Waals surface area contributed by atoms with Gasteiger partial charge in [0.25, 0.3) is 0 Å². The van der Waals surface area contributed by atoms with Crippen LogP contribution in [-0.4, -0.2) is 37.2 Å². The lowest BCUT2D eigenvalue weighted by atomic mass is 10.0. The summed E-state index contributed by atoms with van der Waals surface area (Å²) >= 11 is 0. The van der Waals surface area contributed by atoms with Gasteiger partial charge in [-0.2, -0.15) is 0 Å². The molecule has 0 radical (unpaired) electrons. The molecule has 1 atom stereocenters. The van der Waals surface area contributed by atoms with Gasteiger partial charge in [0.05, 0.1) is 0 Å². The Morgan fingerprint density at radius 1 is 0.284 bits per heavy atom. The van der Waals surface area contributed by atoms with Gasteiger partial charge in [0, 0.05) is 19.3 Å². The zero-order valence-corrected chi connectivity index (χ0v) is 48.8. The van der Waals surface area contributed by atoms with Gasteiger partial charge < -0.3 is 14.2 Å². The summed E-state index contributed by atoms with van der Waals surface area (Å²) in [5.74, 6) is -0.881. The first-order chi connectivity index (χ1) is 36.5. The van der Waals surface area contributed by atoms with Crippen molar-refractivity contribution in [1.29, 1.82) is 0 Å². The first kappa shape index (κ1) is 70.6. The summed E-state index contributed by atoms with van der Waals surface area (Å²) in [7, 11) is 0. The fraction of sp³-hybridized carbons (Fsp3) is 0.750. The predicted molar refractivity (Wildman–Crippen MR) is 321 cm³/mol. The Balaban J connectivity index is 4.33. The Bertz CT molecular complexity index is 1420. The van der Waals surface area contributed by atoms with E-state index in [-0.39, 0.29) is 31.1 Å². The summed E-state index contributed by atoms with van der Waals surface area (Å²) in [6.07, 6.45) is 81.5. The molecule has 0 aromatic heterocycles. The van der Waals surface area contributed by atoms with Crippen LogP contribution in [0.1, 0.15) is 310 Å². The maximum absolute atomic E-state index is 12.9. The van der Waals surface area contributed by atoms with Crippen LogP contribution in [0, 0.1) is 0 Å². The number of ether oxygens (including phenoxy) is 3. The van der Waals surface area contributed by atoms with Crippen molar-refractivity contribution < 1.29 is 28.6 Å². The van der Waals surface area contributed by atoms with E-state index in [1.165, 1.54) is 161 Å². The highest BCUT2D eigenvalue weighted by Crippen LogP contribution is 2.16. The summed E-state index contributed by atoms with van der Waals surface area (Å²) in [6.45, 7) is 6.53. The normalized spacial score (nSPS) is 12.6. The SMILES string of the molecule is CC/C=C\C/C=C\C/C=C\C/C=C\C/C=C\CCCCCCCCCCCC(=O)OCC(COC(=O)CCCCCCCCCCCCCCC)OC(=O)CCCCCCCCC/C=C\C/C=C\CCCCCC. The van der Waals surface area contributed by atoms with Crippen LogP contribution in [0.2, 0.25) is 0 Å². The lowest BCUT2D eigenvalue weighted by Gasteiger charge is -2.18. The van der Waals surface area contributed by atoms with Gasteiger partial charge >= 0.3 is 17.9 Å². The smallest absolute Gasteiger partial charge is 0.306 e. The number of hydrogen-bond acceptors (Lipinski definition) is 6. The first-order valence-corrected chi connectivity index (χ1v) is 31.6. The first-order valence-electron chi connectivity index (χ1n) is 31.6. The van der Waals surface area contributed by atoms with Crippen molar-refractivity contribution in [3.05, 3.63) is 85.1 Å². The van der Waals surface area contributed by atoms with E-state index in [2.05, 4.69) is 106 Å². The molecule has 0 aromatic carbocycles. The maximum Gasteiger partial charge on any atom is 0.306 e. The lowest BCUT2D eigenvalue weighted by molar-refractivity contribution is -0.167. The van der Waals surface area contributed by atoms with Gasteiger partial charge in [-0.1, -0.05) is 279 Å². The number of unbranched alkanes of at least 4 members (excludes halogenated alkanes) is 32. The maximum atomic E-state index is 12.9. The third-order valence-corrected chi connectivity index (χ3v) is 13.6. The largest absolute Gasteiger partial charge is 0.462 e. The molecule has 6 nitrogen and oxygen atoms in total. The highest BCUT2D eigenvalue weighted by molar-refractivity contribution is 5.71. The molecule has 0 spiro atoms. The molecule has 0 aliphatic rings. The molecular formula is C68H118O6. The Hall–Kier alpha value is -3.41. The van der Waals surface area contributed by atoms with Gasteiger partial charge in [-0.25, -0.2) is 0 Å².